The maximum Gasteiger partial charge on any atom is 0.305 e. The second-order valence-electron chi connectivity index (χ2n) is 23.3. The van der Waals surface area contributed by atoms with Crippen LogP contribution in [0.3, 0.4) is 0 Å². The molecule has 0 aromatic carbocycles. The van der Waals surface area contributed by atoms with Crippen molar-refractivity contribution in [3.05, 3.63) is 0 Å². The van der Waals surface area contributed by atoms with Crippen LogP contribution >= 0.6 is 14.7 Å². The van der Waals surface area contributed by atoms with Crippen molar-refractivity contribution in [2.24, 2.45) is 32.5 Å². The number of esters is 1. The van der Waals surface area contributed by atoms with E-state index in [2.05, 4.69) is 83.1 Å². The molecule has 60 heavy (non-hydrogen) atoms. The molecule has 0 saturated carbocycles. The fourth-order valence-electron chi connectivity index (χ4n) is 3.96. The first-order valence-corrected chi connectivity index (χ1v) is 27.9. The summed E-state index contributed by atoms with van der Waals surface area (Å²) in [5.74, 6) is -1.19. The Hall–Kier alpha value is -1.26. The number of carboxylic acid groups (broad SMARTS) is 2. The van der Waals surface area contributed by atoms with Gasteiger partial charge in [0.1, 0.15) is 9.84 Å². The highest BCUT2D eigenvalue weighted by molar-refractivity contribution is 7.90. The Kier molecular flexibility index (Phi) is 37.0. The Morgan fingerprint density at radius 2 is 0.850 bits per heavy atom. The van der Waals surface area contributed by atoms with Gasteiger partial charge in [-0.3, -0.25) is 23.5 Å². The number of carbonyl (C=O) groups is 3. The quantitative estimate of drug-likeness (QED) is 0.0947. The van der Waals surface area contributed by atoms with Crippen molar-refractivity contribution >= 4 is 42.5 Å². The molecule has 15 heteroatoms. The first-order chi connectivity index (χ1) is 25.9. The van der Waals surface area contributed by atoms with Crippen LogP contribution in [0.4, 0.5) is 0 Å². The molecular weight excluding hydrogens is 826 g/mol. The lowest BCUT2D eigenvalue weighted by Crippen LogP contribution is -2.11. The number of ether oxygens (including phenoxy) is 1. The normalized spacial score (nSPS) is 14.1. The van der Waals surface area contributed by atoms with Crippen molar-refractivity contribution < 1.29 is 56.7 Å². The SMILES string of the molecule is CC(C)(C)CC(=O)O.CC(C)(C)CCC(=O)O.CC(C)(C)CCCP(C)(=O)O.CC(C)(C)CCCS(C)(=O)=O.CC(C)(C)CCP(C)(=O)O.CCOC(=O)CCC(C)(C)C. The number of carboxylic acids is 2. The Balaban J connectivity index is -0.000000146. The van der Waals surface area contributed by atoms with E-state index in [0.717, 1.165) is 44.9 Å². The monoisotopic (exact) mass is 925 g/mol. The molecule has 2 atom stereocenters. The lowest BCUT2D eigenvalue weighted by molar-refractivity contribution is -0.144. The highest BCUT2D eigenvalue weighted by Gasteiger charge is 2.18. The zero-order valence-electron chi connectivity index (χ0n) is 42.8. The lowest BCUT2D eigenvalue weighted by Gasteiger charge is -2.18. The van der Waals surface area contributed by atoms with Crippen LogP contribution in [0.25, 0.3) is 0 Å². The van der Waals surface area contributed by atoms with Crippen LogP contribution in [0.5, 0.6) is 0 Å². The van der Waals surface area contributed by atoms with E-state index >= 15 is 0 Å². The van der Waals surface area contributed by atoms with Crippen molar-refractivity contribution in [2.75, 3.05) is 44.3 Å². The minimum Gasteiger partial charge on any atom is -0.481 e. The number of rotatable bonds is 14. The van der Waals surface area contributed by atoms with Crippen LogP contribution < -0.4 is 0 Å². The van der Waals surface area contributed by atoms with E-state index in [4.69, 9.17) is 24.7 Å². The number of carbonyl (C=O) groups excluding carboxylic acids is 1. The van der Waals surface area contributed by atoms with E-state index < -0.39 is 36.5 Å². The molecule has 0 rings (SSSR count). The Labute approximate surface area is 370 Å². The second kappa shape index (κ2) is 31.6. The van der Waals surface area contributed by atoms with Crippen LogP contribution in [0, 0.1) is 32.5 Å². The summed E-state index contributed by atoms with van der Waals surface area (Å²) in [6.07, 6.45) is 9.34. The van der Waals surface area contributed by atoms with E-state index in [-0.39, 0.29) is 51.3 Å². The molecule has 0 bridgehead atoms. The summed E-state index contributed by atoms with van der Waals surface area (Å²) in [5, 5.41) is 16.5. The van der Waals surface area contributed by atoms with Crippen LogP contribution in [-0.2, 0) is 38.1 Å². The second-order valence-corrected chi connectivity index (χ2v) is 30.6. The van der Waals surface area contributed by atoms with Gasteiger partial charge < -0.3 is 24.7 Å². The third-order valence-electron chi connectivity index (χ3n) is 7.37. The maximum atomic E-state index is 10.9. The molecule has 0 heterocycles. The van der Waals surface area contributed by atoms with E-state index in [1.807, 2.05) is 48.5 Å². The molecule has 0 fully saturated rings. The summed E-state index contributed by atoms with van der Waals surface area (Å²) in [5.41, 5.74) is 1.02. The molecule has 0 spiro atoms. The molecule has 366 valence electrons. The topological polar surface area (TPSA) is 210 Å². The van der Waals surface area contributed by atoms with Gasteiger partial charge in [-0.1, -0.05) is 125 Å². The Morgan fingerprint density at radius 3 is 1.05 bits per heavy atom. The average molecular weight is 925 g/mol. The fourth-order valence-corrected chi connectivity index (χ4v) is 6.46. The van der Waals surface area contributed by atoms with E-state index in [1.165, 1.54) is 19.6 Å². The van der Waals surface area contributed by atoms with Gasteiger partial charge in [0.05, 0.1) is 13.0 Å². The molecule has 2 unspecified atom stereocenters. The molecule has 0 aliphatic carbocycles. The van der Waals surface area contributed by atoms with E-state index in [0.29, 0.717) is 31.1 Å². The number of hydrogen-bond donors (Lipinski definition) is 4. The summed E-state index contributed by atoms with van der Waals surface area (Å²) in [7, 11) is -8.26. The smallest absolute Gasteiger partial charge is 0.305 e. The average Bonchev–Trinajstić information content (AvgIpc) is 2.90. The molecule has 0 radical (unpaired) electrons. The summed E-state index contributed by atoms with van der Waals surface area (Å²) in [4.78, 5) is 48.8. The minimum absolute atomic E-state index is 0.0775. The van der Waals surface area contributed by atoms with Gasteiger partial charge in [0.2, 0.25) is 0 Å². The first kappa shape index (κ1) is 70.4. The van der Waals surface area contributed by atoms with E-state index in [9.17, 15) is 31.9 Å². The van der Waals surface area contributed by atoms with Crippen LogP contribution in [-0.4, -0.2) is 90.6 Å². The van der Waals surface area contributed by atoms with Gasteiger partial charge in [0.15, 0.2) is 14.7 Å². The van der Waals surface area contributed by atoms with Crippen LogP contribution in [0.2, 0.25) is 0 Å². The van der Waals surface area contributed by atoms with Gasteiger partial charge in [-0.15, -0.1) is 0 Å². The minimum atomic E-state index is -2.76. The molecular formula is C45H98O12P2S. The maximum absolute atomic E-state index is 10.9. The molecule has 12 nitrogen and oxygen atoms in total. The Bertz CT molecular complexity index is 1340. The largest absolute Gasteiger partial charge is 0.481 e. The Morgan fingerprint density at radius 1 is 0.517 bits per heavy atom. The molecule has 0 aliphatic rings. The molecule has 4 N–H and O–H groups in total. The fraction of sp³-hybridized carbons (Fsp3) is 0.933. The third-order valence-corrected chi connectivity index (χ3v) is 10.6. The summed E-state index contributed by atoms with van der Waals surface area (Å²) in [6, 6.07) is 0. The number of aliphatic carboxylic acids is 2. The molecule has 0 saturated heterocycles. The van der Waals surface area contributed by atoms with Crippen LogP contribution in [0.1, 0.15) is 196 Å². The van der Waals surface area contributed by atoms with Crippen LogP contribution in [0.15, 0.2) is 0 Å². The molecule has 0 aliphatic heterocycles. The zero-order chi connectivity index (χ0) is 49.8. The van der Waals surface area contributed by atoms with Crippen molar-refractivity contribution in [1.29, 1.82) is 0 Å². The summed E-state index contributed by atoms with van der Waals surface area (Å²) < 4.78 is 47.9. The zero-order valence-corrected chi connectivity index (χ0v) is 45.4. The molecule has 0 aromatic heterocycles. The van der Waals surface area contributed by atoms with Crippen molar-refractivity contribution in [2.45, 2.75) is 196 Å². The predicted octanol–water partition coefficient (Wildman–Crippen LogP) is 12.7. The summed E-state index contributed by atoms with van der Waals surface area (Å²) in [6.45, 7) is 42.3. The van der Waals surface area contributed by atoms with E-state index in [1.54, 1.807) is 0 Å². The summed E-state index contributed by atoms with van der Waals surface area (Å²) >= 11 is 0. The third kappa shape index (κ3) is 101. The van der Waals surface area contributed by atoms with Gasteiger partial charge >= 0.3 is 17.9 Å². The predicted molar refractivity (Wildman–Crippen MR) is 256 cm³/mol. The molecule has 0 aromatic rings. The number of sulfone groups is 1. The lowest BCUT2D eigenvalue weighted by atomic mass is 9.91. The van der Waals surface area contributed by atoms with Gasteiger partial charge in [0, 0.05) is 50.5 Å². The molecule has 0 amide bonds. The number of hydrogen-bond acceptors (Lipinski definition) is 8. The van der Waals surface area contributed by atoms with Crippen molar-refractivity contribution in [3.8, 4) is 0 Å². The van der Waals surface area contributed by atoms with Gasteiger partial charge in [-0.05, 0) is 84.4 Å². The highest BCUT2D eigenvalue weighted by Crippen LogP contribution is 2.39. The van der Waals surface area contributed by atoms with Gasteiger partial charge in [-0.25, -0.2) is 8.42 Å². The van der Waals surface area contributed by atoms with Crippen molar-refractivity contribution in [1.82, 2.24) is 0 Å². The van der Waals surface area contributed by atoms with Gasteiger partial charge in [-0.2, -0.15) is 0 Å². The highest BCUT2D eigenvalue weighted by atomic mass is 32.2. The van der Waals surface area contributed by atoms with Gasteiger partial charge in [0.25, 0.3) is 0 Å². The standard InChI is InChI=1S/C9H18O2.C8H19O2P.C8H18O2S.C7H17O2P.C7H14O2.C6H12O2/c1-5-11-8(10)6-7-9(2,3)4;2*1-8(2,3)6-5-7-11(4,9)10;1-7(2,3)5-6-10(4,8)9;1-7(2,3)5-4-6(8)9;1-6(2,3)4-5(7)8/h5-7H2,1-4H3;5-7H2,1-4H3,(H,9,10);5-7H2,1-4H3;5-6H2,1-4H3,(H,8,9);4-5H2,1-3H3,(H,8,9);4H2,1-3H3,(H,7,8). The van der Waals surface area contributed by atoms with Crippen molar-refractivity contribution in [3.63, 3.8) is 0 Å². The first-order valence-electron chi connectivity index (χ1n) is 21.3.